The van der Waals surface area contributed by atoms with Crippen molar-refractivity contribution in [1.29, 1.82) is 0 Å². The third-order valence-corrected chi connectivity index (χ3v) is 4.84. The van der Waals surface area contributed by atoms with Gasteiger partial charge in [-0.1, -0.05) is 45.0 Å². The second-order valence-corrected chi connectivity index (χ2v) is 8.80. The largest absolute Gasteiger partial charge is 0.460 e. The number of anilines is 1. The highest BCUT2D eigenvalue weighted by Gasteiger charge is 2.35. The van der Waals surface area contributed by atoms with Crippen LogP contribution in [0.1, 0.15) is 37.8 Å². The summed E-state index contributed by atoms with van der Waals surface area (Å²) in [4.78, 5) is 23.5. The highest BCUT2D eigenvalue weighted by Crippen LogP contribution is 2.36. The van der Waals surface area contributed by atoms with Crippen molar-refractivity contribution in [2.45, 2.75) is 33.3 Å². The Morgan fingerprint density at radius 1 is 1.06 bits per heavy atom. The number of aromatic nitrogens is 2. The van der Waals surface area contributed by atoms with Crippen LogP contribution in [0.5, 0.6) is 11.5 Å². The summed E-state index contributed by atoms with van der Waals surface area (Å²) in [6.07, 6.45) is 3.31. The number of carbonyl (C=O) groups excluding carboxylic acids is 1. The summed E-state index contributed by atoms with van der Waals surface area (Å²) in [7, 11) is 3.70. The molecule has 0 aliphatic heterocycles. The van der Waals surface area contributed by atoms with E-state index in [4.69, 9.17) is 9.47 Å². The highest BCUT2D eigenvalue weighted by atomic mass is 19.1. The van der Waals surface area contributed by atoms with Crippen molar-refractivity contribution < 1.29 is 18.7 Å². The molecule has 2 aromatic carbocycles. The van der Waals surface area contributed by atoms with Gasteiger partial charge in [0, 0.05) is 32.1 Å². The van der Waals surface area contributed by atoms with Crippen LogP contribution in [-0.4, -0.2) is 30.0 Å². The van der Waals surface area contributed by atoms with Crippen molar-refractivity contribution in [3.63, 3.8) is 0 Å². The van der Waals surface area contributed by atoms with Crippen LogP contribution in [0.15, 0.2) is 60.9 Å². The van der Waals surface area contributed by atoms with Gasteiger partial charge in [-0.05, 0) is 35.2 Å². The summed E-state index contributed by atoms with van der Waals surface area (Å²) < 4.78 is 25.4. The number of nitrogens with zero attached hydrogens (tertiary/aromatic N) is 3. The molecule has 3 rings (SSSR count). The number of esters is 1. The lowest BCUT2D eigenvalue weighted by atomic mass is 9.77. The van der Waals surface area contributed by atoms with Crippen molar-refractivity contribution in [2.24, 2.45) is 5.41 Å². The lowest BCUT2D eigenvalue weighted by Gasteiger charge is -2.29. The number of carbonyl (C=O) groups is 1. The minimum absolute atomic E-state index is 0.00647. The van der Waals surface area contributed by atoms with E-state index >= 15 is 0 Å². The molecule has 0 fully saturated rings. The molecule has 1 atom stereocenters. The molecular weight excluding hydrogens is 409 g/mol. The van der Waals surface area contributed by atoms with Gasteiger partial charge in [0.2, 0.25) is 5.95 Å². The first-order valence-electron chi connectivity index (χ1n) is 10.3. The molecule has 0 bridgehead atoms. The van der Waals surface area contributed by atoms with Crippen LogP contribution < -0.4 is 9.64 Å². The van der Waals surface area contributed by atoms with Gasteiger partial charge < -0.3 is 14.4 Å². The number of halogens is 1. The van der Waals surface area contributed by atoms with Crippen LogP contribution in [0.25, 0.3) is 0 Å². The third-order valence-electron chi connectivity index (χ3n) is 4.84. The van der Waals surface area contributed by atoms with Crippen LogP contribution in [0.3, 0.4) is 0 Å². The smallest absolute Gasteiger partial charge is 0.314 e. The second kappa shape index (κ2) is 9.77. The van der Waals surface area contributed by atoms with E-state index < -0.39 is 23.1 Å². The number of para-hydroxylation sites is 1. The van der Waals surface area contributed by atoms with Gasteiger partial charge in [0.25, 0.3) is 0 Å². The zero-order valence-electron chi connectivity index (χ0n) is 19.0. The van der Waals surface area contributed by atoms with Crippen molar-refractivity contribution >= 4 is 11.9 Å². The van der Waals surface area contributed by atoms with E-state index in [2.05, 4.69) is 9.97 Å². The Labute approximate surface area is 188 Å². The highest BCUT2D eigenvalue weighted by molar-refractivity contribution is 5.79. The Bertz CT molecular complexity index is 1050. The van der Waals surface area contributed by atoms with Gasteiger partial charge in [-0.2, -0.15) is 0 Å². The molecule has 7 heteroatoms. The number of hydrogen-bond donors (Lipinski definition) is 0. The molecule has 0 aliphatic carbocycles. The molecule has 0 saturated carbocycles. The SMILES string of the molecule is CN(C)c1ncc(C(C(=O)OCc2ccc(F)c(Oc3ccccc3)c2)C(C)(C)C)cn1. The van der Waals surface area contributed by atoms with Gasteiger partial charge in [0.05, 0.1) is 5.92 Å². The number of benzene rings is 2. The van der Waals surface area contributed by atoms with Gasteiger partial charge in [-0.25, -0.2) is 14.4 Å². The first-order valence-corrected chi connectivity index (χ1v) is 10.3. The van der Waals surface area contributed by atoms with E-state index in [-0.39, 0.29) is 12.4 Å². The predicted octanol–water partition coefficient (Wildman–Crippen LogP) is 5.35. The Morgan fingerprint density at radius 2 is 1.72 bits per heavy atom. The molecule has 3 aromatic rings. The normalized spacial score (nSPS) is 12.2. The quantitative estimate of drug-likeness (QED) is 0.465. The Morgan fingerprint density at radius 3 is 2.31 bits per heavy atom. The van der Waals surface area contributed by atoms with Gasteiger partial charge >= 0.3 is 5.97 Å². The summed E-state index contributed by atoms with van der Waals surface area (Å²) in [5, 5.41) is 0. The fourth-order valence-electron chi connectivity index (χ4n) is 3.27. The van der Waals surface area contributed by atoms with Crippen LogP contribution in [0.4, 0.5) is 10.3 Å². The average molecular weight is 438 g/mol. The molecule has 0 amide bonds. The second-order valence-electron chi connectivity index (χ2n) is 8.80. The van der Waals surface area contributed by atoms with Crippen LogP contribution >= 0.6 is 0 Å². The van der Waals surface area contributed by atoms with Gasteiger partial charge in [0.15, 0.2) is 11.6 Å². The molecule has 1 aromatic heterocycles. The molecule has 1 unspecified atom stereocenters. The van der Waals surface area contributed by atoms with Crippen LogP contribution in [-0.2, 0) is 16.1 Å². The molecule has 0 saturated heterocycles. The molecule has 6 nitrogen and oxygen atoms in total. The molecule has 0 N–H and O–H groups in total. The Kier molecular flexibility index (Phi) is 7.08. The van der Waals surface area contributed by atoms with Crippen molar-refractivity contribution in [1.82, 2.24) is 9.97 Å². The monoisotopic (exact) mass is 437 g/mol. The maximum absolute atomic E-state index is 14.2. The van der Waals surface area contributed by atoms with E-state index in [0.29, 0.717) is 22.8 Å². The van der Waals surface area contributed by atoms with Crippen molar-refractivity contribution in [3.05, 3.63) is 77.9 Å². The fourth-order valence-corrected chi connectivity index (χ4v) is 3.27. The minimum atomic E-state index is -0.556. The van der Waals surface area contributed by atoms with E-state index in [1.807, 2.05) is 40.9 Å². The number of hydrogen-bond acceptors (Lipinski definition) is 6. The first kappa shape index (κ1) is 23.2. The zero-order valence-corrected chi connectivity index (χ0v) is 19.0. The summed E-state index contributed by atoms with van der Waals surface area (Å²) in [5.74, 6) is -0.284. The van der Waals surface area contributed by atoms with Crippen LogP contribution in [0, 0.1) is 11.2 Å². The topological polar surface area (TPSA) is 64.6 Å². The Hall–Kier alpha value is -3.48. The third kappa shape index (κ3) is 5.81. The van der Waals surface area contributed by atoms with Gasteiger partial charge in [-0.15, -0.1) is 0 Å². The maximum Gasteiger partial charge on any atom is 0.314 e. The van der Waals surface area contributed by atoms with Crippen molar-refractivity contribution in [3.8, 4) is 11.5 Å². The molecule has 0 spiro atoms. The number of rotatable bonds is 7. The molecule has 168 valence electrons. The summed E-state index contributed by atoms with van der Waals surface area (Å²) >= 11 is 0. The standard InChI is InChI=1S/C25H28FN3O3/c1-25(2,3)22(18-14-27-24(28-15-18)29(4)5)23(30)31-16-17-11-12-20(26)21(13-17)32-19-9-7-6-8-10-19/h6-15,22H,16H2,1-5H3. The van der Waals surface area contributed by atoms with Gasteiger partial charge in [-0.3, -0.25) is 4.79 Å². The number of ether oxygens (including phenoxy) is 2. The Balaban J connectivity index is 1.74. The zero-order chi connectivity index (χ0) is 23.3. The lowest BCUT2D eigenvalue weighted by Crippen LogP contribution is -2.28. The predicted molar refractivity (Wildman–Crippen MR) is 121 cm³/mol. The maximum atomic E-state index is 14.2. The molecule has 1 heterocycles. The molecule has 0 radical (unpaired) electrons. The fraction of sp³-hybridized carbons (Fsp3) is 0.320. The lowest BCUT2D eigenvalue weighted by molar-refractivity contribution is -0.149. The van der Waals surface area contributed by atoms with Gasteiger partial charge in [0.1, 0.15) is 12.4 Å². The van der Waals surface area contributed by atoms with Crippen molar-refractivity contribution in [2.75, 3.05) is 19.0 Å². The molecular formula is C25H28FN3O3. The van der Waals surface area contributed by atoms with E-state index in [1.165, 1.54) is 12.1 Å². The summed E-state index contributed by atoms with van der Waals surface area (Å²) in [6.45, 7) is 5.88. The van der Waals surface area contributed by atoms with E-state index in [9.17, 15) is 9.18 Å². The van der Waals surface area contributed by atoms with E-state index in [0.717, 1.165) is 0 Å². The molecule has 0 aliphatic rings. The minimum Gasteiger partial charge on any atom is -0.460 e. The van der Waals surface area contributed by atoms with Crippen LogP contribution in [0.2, 0.25) is 0 Å². The summed E-state index contributed by atoms with van der Waals surface area (Å²) in [6, 6.07) is 13.4. The van der Waals surface area contributed by atoms with E-state index in [1.54, 1.807) is 47.6 Å². The molecule has 32 heavy (non-hydrogen) atoms. The average Bonchev–Trinajstić information content (AvgIpc) is 2.74. The summed E-state index contributed by atoms with van der Waals surface area (Å²) in [5.41, 5.74) is 0.891. The first-order chi connectivity index (χ1) is 15.1.